The van der Waals surface area contributed by atoms with Gasteiger partial charge in [0.2, 0.25) is 0 Å². The van der Waals surface area contributed by atoms with Crippen molar-refractivity contribution in [3.05, 3.63) is 0 Å². The van der Waals surface area contributed by atoms with E-state index in [2.05, 4.69) is 34.6 Å². The van der Waals surface area contributed by atoms with E-state index in [1.165, 1.54) is 0 Å². The SMILES string of the molecule is CC(C)CC(C)(C(=O)OC1COC2C1OC1OC(C)(C)OC12)C(C)(C)C. The topological polar surface area (TPSA) is 63.2 Å². The minimum atomic E-state index is -0.680. The quantitative estimate of drug-likeness (QED) is 0.708. The highest BCUT2D eigenvalue weighted by atomic mass is 16.8. The molecule has 0 radical (unpaired) electrons. The second kappa shape index (κ2) is 6.43. The first-order valence-corrected chi connectivity index (χ1v) is 9.68. The highest BCUT2D eigenvalue weighted by molar-refractivity contribution is 5.77. The van der Waals surface area contributed by atoms with Gasteiger partial charge in [0.15, 0.2) is 18.2 Å². The molecule has 3 aliphatic rings. The predicted molar refractivity (Wildman–Crippen MR) is 95.3 cm³/mol. The molecule has 0 amide bonds. The standard InChI is InChI=1S/C20H34O6/c1-11(2)9-20(8,18(3,4)5)17(21)23-12-10-22-14-13(12)24-16-15(14)25-19(6,7)26-16/h11-16H,9-10H2,1-8H3. The largest absolute Gasteiger partial charge is 0.457 e. The molecule has 3 heterocycles. The van der Waals surface area contributed by atoms with E-state index in [0.29, 0.717) is 12.5 Å². The van der Waals surface area contributed by atoms with Gasteiger partial charge in [-0.05, 0) is 38.5 Å². The van der Waals surface area contributed by atoms with Crippen molar-refractivity contribution in [3.8, 4) is 0 Å². The third-order valence-electron chi connectivity index (χ3n) is 6.03. The summed E-state index contributed by atoms with van der Waals surface area (Å²) in [6.45, 7) is 16.6. The molecule has 3 saturated heterocycles. The van der Waals surface area contributed by atoms with E-state index < -0.39 is 23.6 Å². The van der Waals surface area contributed by atoms with Gasteiger partial charge in [0.1, 0.15) is 18.3 Å². The van der Waals surface area contributed by atoms with Crippen LogP contribution in [0.4, 0.5) is 0 Å². The van der Waals surface area contributed by atoms with Gasteiger partial charge in [-0.2, -0.15) is 0 Å². The number of hydrogen-bond donors (Lipinski definition) is 0. The third kappa shape index (κ3) is 3.41. The van der Waals surface area contributed by atoms with Crippen molar-refractivity contribution in [2.45, 2.75) is 98.3 Å². The van der Waals surface area contributed by atoms with E-state index in [-0.39, 0.29) is 29.7 Å². The van der Waals surface area contributed by atoms with Gasteiger partial charge < -0.3 is 23.7 Å². The summed E-state index contributed by atoms with van der Waals surface area (Å²) < 4.78 is 29.5. The maximum atomic E-state index is 13.1. The van der Waals surface area contributed by atoms with Gasteiger partial charge in [0.25, 0.3) is 0 Å². The zero-order valence-electron chi connectivity index (χ0n) is 17.3. The van der Waals surface area contributed by atoms with Crippen LogP contribution >= 0.6 is 0 Å². The molecule has 6 unspecified atom stereocenters. The molecule has 0 saturated carbocycles. The summed E-state index contributed by atoms with van der Waals surface area (Å²) in [6, 6.07) is 0. The van der Waals surface area contributed by atoms with Gasteiger partial charge in [0.05, 0.1) is 12.0 Å². The van der Waals surface area contributed by atoms with Crippen molar-refractivity contribution in [1.29, 1.82) is 0 Å². The molecule has 0 aromatic heterocycles. The van der Waals surface area contributed by atoms with Gasteiger partial charge in [-0.15, -0.1) is 0 Å². The smallest absolute Gasteiger partial charge is 0.312 e. The van der Waals surface area contributed by atoms with Crippen LogP contribution in [0.25, 0.3) is 0 Å². The van der Waals surface area contributed by atoms with E-state index in [4.69, 9.17) is 23.7 Å². The van der Waals surface area contributed by atoms with Gasteiger partial charge in [-0.25, -0.2) is 0 Å². The molecule has 3 aliphatic heterocycles. The first kappa shape index (κ1) is 20.1. The summed E-state index contributed by atoms with van der Waals surface area (Å²) >= 11 is 0. The summed E-state index contributed by atoms with van der Waals surface area (Å²) in [5, 5.41) is 0. The second-order valence-corrected chi connectivity index (χ2v) is 9.99. The van der Waals surface area contributed by atoms with Crippen LogP contribution in [-0.4, -0.2) is 49.1 Å². The third-order valence-corrected chi connectivity index (χ3v) is 6.03. The Morgan fingerprint density at radius 1 is 1.12 bits per heavy atom. The highest BCUT2D eigenvalue weighted by Crippen LogP contribution is 2.46. The molecular weight excluding hydrogens is 336 g/mol. The lowest BCUT2D eigenvalue weighted by Gasteiger charge is -2.41. The van der Waals surface area contributed by atoms with Crippen LogP contribution in [0.1, 0.15) is 61.8 Å². The summed E-state index contributed by atoms with van der Waals surface area (Å²) in [7, 11) is 0. The molecular formula is C20H34O6. The number of hydrogen-bond acceptors (Lipinski definition) is 6. The predicted octanol–water partition coefficient (Wildman–Crippen LogP) is 3.27. The Morgan fingerprint density at radius 3 is 2.35 bits per heavy atom. The van der Waals surface area contributed by atoms with Crippen molar-refractivity contribution in [2.24, 2.45) is 16.7 Å². The van der Waals surface area contributed by atoms with E-state index in [0.717, 1.165) is 6.42 Å². The number of rotatable bonds is 4. The van der Waals surface area contributed by atoms with E-state index in [1.807, 2.05) is 20.8 Å². The van der Waals surface area contributed by atoms with Gasteiger partial charge in [-0.3, -0.25) is 4.79 Å². The Balaban J connectivity index is 1.69. The maximum absolute atomic E-state index is 13.1. The van der Waals surface area contributed by atoms with Crippen molar-refractivity contribution >= 4 is 5.97 Å². The Bertz CT molecular complexity index is 551. The molecule has 0 N–H and O–H groups in total. The van der Waals surface area contributed by atoms with Gasteiger partial charge in [-0.1, -0.05) is 34.6 Å². The van der Waals surface area contributed by atoms with E-state index >= 15 is 0 Å². The van der Waals surface area contributed by atoms with Crippen LogP contribution in [0.2, 0.25) is 0 Å². The summed E-state index contributed by atoms with van der Waals surface area (Å²) in [6.07, 6.45) is -1.00. The van der Waals surface area contributed by atoms with Crippen LogP contribution in [0, 0.1) is 16.7 Å². The minimum absolute atomic E-state index is 0.184. The molecule has 6 nitrogen and oxygen atoms in total. The highest BCUT2D eigenvalue weighted by Gasteiger charge is 2.61. The molecule has 0 aliphatic carbocycles. The molecule has 3 rings (SSSR count). The fourth-order valence-corrected chi connectivity index (χ4v) is 4.17. The number of carbonyl (C=O) groups is 1. The van der Waals surface area contributed by atoms with Crippen LogP contribution < -0.4 is 0 Å². The monoisotopic (exact) mass is 370 g/mol. The van der Waals surface area contributed by atoms with E-state index in [1.54, 1.807) is 0 Å². The van der Waals surface area contributed by atoms with Crippen LogP contribution in [0.15, 0.2) is 0 Å². The van der Waals surface area contributed by atoms with Gasteiger partial charge in [0, 0.05) is 0 Å². The molecule has 6 atom stereocenters. The number of fused-ring (bicyclic) bond motifs is 3. The van der Waals surface area contributed by atoms with Crippen molar-refractivity contribution in [3.63, 3.8) is 0 Å². The van der Waals surface area contributed by atoms with Crippen LogP contribution in [0.5, 0.6) is 0 Å². The molecule has 150 valence electrons. The molecule has 0 spiro atoms. The Kier molecular flexibility index (Phi) is 4.96. The zero-order valence-corrected chi connectivity index (χ0v) is 17.3. The molecule has 0 bridgehead atoms. The normalized spacial score (nSPS) is 38.1. The van der Waals surface area contributed by atoms with Gasteiger partial charge >= 0.3 is 5.97 Å². The van der Waals surface area contributed by atoms with Crippen LogP contribution in [-0.2, 0) is 28.5 Å². The second-order valence-electron chi connectivity index (χ2n) is 9.99. The van der Waals surface area contributed by atoms with Crippen molar-refractivity contribution < 1.29 is 28.5 Å². The maximum Gasteiger partial charge on any atom is 0.312 e. The summed E-state index contributed by atoms with van der Waals surface area (Å²) in [5.41, 5.74) is -0.792. The van der Waals surface area contributed by atoms with Crippen LogP contribution in [0.3, 0.4) is 0 Å². The number of carbonyl (C=O) groups excluding carboxylic acids is 1. The number of ether oxygens (including phenoxy) is 5. The lowest BCUT2D eigenvalue weighted by atomic mass is 9.64. The minimum Gasteiger partial charge on any atom is -0.457 e. The molecule has 3 fully saturated rings. The lowest BCUT2D eigenvalue weighted by Crippen LogP contribution is -2.46. The Hall–Kier alpha value is -0.690. The first-order chi connectivity index (χ1) is 11.8. The fraction of sp³-hybridized carbons (Fsp3) is 0.950. The molecule has 0 aromatic rings. The lowest BCUT2D eigenvalue weighted by molar-refractivity contribution is -0.218. The summed E-state index contributed by atoms with van der Waals surface area (Å²) in [4.78, 5) is 13.1. The molecule has 0 aromatic carbocycles. The Morgan fingerprint density at radius 2 is 1.77 bits per heavy atom. The number of esters is 1. The average Bonchev–Trinajstić information content (AvgIpc) is 3.06. The van der Waals surface area contributed by atoms with E-state index in [9.17, 15) is 4.79 Å². The Labute approximate surface area is 156 Å². The average molecular weight is 370 g/mol. The zero-order chi connectivity index (χ0) is 19.5. The molecule has 26 heavy (non-hydrogen) atoms. The van der Waals surface area contributed by atoms with Crippen molar-refractivity contribution in [1.82, 2.24) is 0 Å². The fourth-order valence-electron chi connectivity index (χ4n) is 4.17. The first-order valence-electron chi connectivity index (χ1n) is 9.68. The molecule has 6 heteroatoms. The van der Waals surface area contributed by atoms with Crippen molar-refractivity contribution in [2.75, 3.05) is 6.61 Å². The summed E-state index contributed by atoms with van der Waals surface area (Å²) in [5.74, 6) is -0.471.